The standard InChI is InChI=1S/C16H12O4/c17-13-9-15(20-14-8-4-3-7-12(13)14)10-5-1-2-6-11(10)16(18)19/h1-8,15H,9H2,(H,18,19)/t15-/m1/s1. The van der Waals surface area contributed by atoms with Gasteiger partial charge in [0.2, 0.25) is 0 Å². The molecule has 2 aromatic carbocycles. The Hall–Kier alpha value is -2.62. The van der Waals surface area contributed by atoms with Crippen LogP contribution in [0.3, 0.4) is 0 Å². The number of ketones is 1. The van der Waals surface area contributed by atoms with Crippen LogP contribution in [0.4, 0.5) is 0 Å². The van der Waals surface area contributed by atoms with Crippen molar-refractivity contribution >= 4 is 11.8 Å². The highest BCUT2D eigenvalue weighted by Crippen LogP contribution is 2.35. The highest BCUT2D eigenvalue weighted by atomic mass is 16.5. The summed E-state index contributed by atoms with van der Waals surface area (Å²) in [6.45, 7) is 0. The maximum absolute atomic E-state index is 12.1. The number of carboxylic acid groups (broad SMARTS) is 1. The number of fused-ring (bicyclic) bond motifs is 1. The van der Waals surface area contributed by atoms with Crippen molar-refractivity contribution in [3.8, 4) is 5.75 Å². The molecule has 3 rings (SSSR count). The lowest BCUT2D eigenvalue weighted by Gasteiger charge is -2.26. The Morgan fingerprint density at radius 1 is 1.10 bits per heavy atom. The zero-order valence-electron chi connectivity index (χ0n) is 10.6. The van der Waals surface area contributed by atoms with Gasteiger partial charge < -0.3 is 9.84 Å². The van der Waals surface area contributed by atoms with Crippen molar-refractivity contribution in [3.63, 3.8) is 0 Å². The van der Waals surface area contributed by atoms with Gasteiger partial charge in [0.05, 0.1) is 17.5 Å². The van der Waals surface area contributed by atoms with E-state index in [-0.39, 0.29) is 17.8 Å². The van der Waals surface area contributed by atoms with Crippen LogP contribution in [0, 0.1) is 0 Å². The van der Waals surface area contributed by atoms with Crippen LogP contribution in [0.25, 0.3) is 0 Å². The second kappa shape index (κ2) is 4.81. The predicted octanol–water partition coefficient (Wildman–Crippen LogP) is 3.09. The Bertz CT molecular complexity index is 690. The molecule has 4 heteroatoms. The minimum absolute atomic E-state index is 0.0305. The second-order valence-corrected chi connectivity index (χ2v) is 4.62. The van der Waals surface area contributed by atoms with Gasteiger partial charge in [-0.1, -0.05) is 30.3 Å². The Kier molecular flexibility index (Phi) is 2.99. The van der Waals surface area contributed by atoms with Gasteiger partial charge in [0.1, 0.15) is 11.9 Å². The summed E-state index contributed by atoms with van der Waals surface area (Å²) in [4.78, 5) is 23.4. The molecule has 20 heavy (non-hydrogen) atoms. The van der Waals surface area contributed by atoms with E-state index in [2.05, 4.69) is 0 Å². The van der Waals surface area contributed by atoms with E-state index < -0.39 is 12.1 Å². The second-order valence-electron chi connectivity index (χ2n) is 4.62. The highest BCUT2D eigenvalue weighted by molar-refractivity contribution is 6.00. The van der Waals surface area contributed by atoms with Crippen LogP contribution in [0.5, 0.6) is 5.75 Å². The summed E-state index contributed by atoms with van der Waals surface area (Å²) in [6.07, 6.45) is -0.397. The largest absolute Gasteiger partial charge is 0.484 e. The lowest BCUT2D eigenvalue weighted by Crippen LogP contribution is -2.22. The van der Waals surface area contributed by atoms with Gasteiger partial charge in [0, 0.05) is 5.56 Å². The van der Waals surface area contributed by atoms with Gasteiger partial charge >= 0.3 is 5.97 Å². The average Bonchev–Trinajstić information content (AvgIpc) is 2.47. The van der Waals surface area contributed by atoms with E-state index in [0.717, 1.165) is 0 Å². The zero-order valence-corrected chi connectivity index (χ0v) is 10.6. The van der Waals surface area contributed by atoms with Gasteiger partial charge in [-0.25, -0.2) is 4.79 Å². The van der Waals surface area contributed by atoms with Crippen LogP contribution in [0.15, 0.2) is 48.5 Å². The number of carboxylic acids is 1. The smallest absolute Gasteiger partial charge is 0.336 e. The summed E-state index contributed by atoms with van der Waals surface area (Å²) in [5.74, 6) is -0.540. The normalized spacial score (nSPS) is 17.2. The molecule has 4 nitrogen and oxygen atoms in total. The van der Waals surface area contributed by atoms with Crippen molar-refractivity contribution in [2.45, 2.75) is 12.5 Å². The van der Waals surface area contributed by atoms with Crippen LogP contribution in [0.2, 0.25) is 0 Å². The van der Waals surface area contributed by atoms with Gasteiger partial charge in [0.15, 0.2) is 5.78 Å². The number of carbonyl (C=O) groups excluding carboxylic acids is 1. The number of Topliss-reactive ketones (excluding diaryl/α,β-unsaturated/α-hetero) is 1. The fourth-order valence-corrected chi connectivity index (χ4v) is 2.42. The average molecular weight is 268 g/mol. The topological polar surface area (TPSA) is 63.6 Å². The molecule has 0 fully saturated rings. The van der Waals surface area contributed by atoms with E-state index in [4.69, 9.17) is 4.74 Å². The van der Waals surface area contributed by atoms with Gasteiger partial charge in [-0.3, -0.25) is 4.79 Å². The van der Waals surface area contributed by atoms with Crippen LogP contribution in [0.1, 0.15) is 38.8 Å². The molecule has 0 spiro atoms. The quantitative estimate of drug-likeness (QED) is 0.909. The van der Waals surface area contributed by atoms with Crippen LogP contribution < -0.4 is 4.74 Å². The van der Waals surface area contributed by atoms with Crippen molar-refractivity contribution in [3.05, 3.63) is 65.2 Å². The van der Waals surface area contributed by atoms with Crippen molar-refractivity contribution in [2.75, 3.05) is 0 Å². The number of ether oxygens (including phenoxy) is 1. The van der Waals surface area contributed by atoms with E-state index in [1.165, 1.54) is 6.07 Å². The summed E-state index contributed by atoms with van der Waals surface area (Å²) < 4.78 is 5.80. The Balaban J connectivity index is 2.02. The molecule has 1 aliphatic rings. The molecule has 0 unspecified atom stereocenters. The maximum Gasteiger partial charge on any atom is 0.336 e. The molecule has 1 heterocycles. The van der Waals surface area contributed by atoms with E-state index in [1.54, 1.807) is 42.5 Å². The summed E-state index contributed by atoms with van der Waals surface area (Å²) in [7, 11) is 0. The number of benzene rings is 2. The zero-order chi connectivity index (χ0) is 14.1. The first-order valence-corrected chi connectivity index (χ1v) is 6.28. The Morgan fingerprint density at radius 2 is 1.80 bits per heavy atom. The molecule has 100 valence electrons. The third-order valence-corrected chi connectivity index (χ3v) is 3.37. The molecule has 0 radical (unpaired) electrons. The third-order valence-electron chi connectivity index (χ3n) is 3.37. The first-order chi connectivity index (χ1) is 9.66. The van der Waals surface area contributed by atoms with Crippen molar-refractivity contribution in [2.24, 2.45) is 0 Å². The fraction of sp³-hybridized carbons (Fsp3) is 0.125. The van der Waals surface area contributed by atoms with Crippen LogP contribution in [-0.2, 0) is 0 Å². The molecule has 0 aromatic heterocycles. The first kappa shape index (κ1) is 12.4. The Labute approximate surface area is 115 Å². The van der Waals surface area contributed by atoms with Crippen molar-refractivity contribution < 1.29 is 19.4 Å². The molecular weight excluding hydrogens is 256 g/mol. The first-order valence-electron chi connectivity index (χ1n) is 6.28. The number of carbonyl (C=O) groups is 2. The summed E-state index contributed by atoms with van der Waals surface area (Å²) in [5, 5.41) is 9.22. The van der Waals surface area contributed by atoms with Gasteiger partial charge in [0.25, 0.3) is 0 Å². The molecule has 0 saturated heterocycles. The summed E-state index contributed by atoms with van der Waals surface area (Å²) in [5.41, 5.74) is 1.25. The van der Waals surface area contributed by atoms with Crippen molar-refractivity contribution in [1.29, 1.82) is 0 Å². The van der Waals surface area contributed by atoms with Crippen LogP contribution in [-0.4, -0.2) is 16.9 Å². The van der Waals surface area contributed by atoms with Gasteiger partial charge in [-0.2, -0.15) is 0 Å². The van der Waals surface area contributed by atoms with Gasteiger partial charge in [-0.15, -0.1) is 0 Å². The number of aromatic carboxylic acids is 1. The number of hydrogen-bond acceptors (Lipinski definition) is 3. The monoisotopic (exact) mass is 268 g/mol. The summed E-state index contributed by atoms with van der Waals surface area (Å²) in [6, 6.07) is 13.6. The number of hydrogen-bond donors (Lipinski definition) is 1. The molecule has 2 aromatic rings. The molecule has 0 saturated carbocycles. The summed E-state index contributed by atoms with van der Waals surface area (Å²) >= 11 is 0. The van der Waals surface area contributed by atoms with E-state index in [1.807, 2.05) is 0 Å². The Morgan fingerprint density at radius 3 is 2.60 bits per heavy atom. The molecular formula is C16H12O4. The molecule has 0 bridgehead atoms. The lowest BCUT2D eigenvalue weighted by molar-refractivity contribution is 0.0682. The minimum atomic E-state index is -1.02. The molecule has 1 aliphatic heterocycles. The number of rotatable bonds is 2. The van der Waals surface area contributed by atoms with Crippen molar-refractivity contribution in [1.82, 2.24) is 0 Å². The van der Waals surface area contributed by atoms with E-state index in [9.17, 15) is 14.7 Å². The molecule has 1 atom stereocenters. The van der Waals surface area contributed by atoms with E-state index in [0.29, 0.717) is 16.9 Å². The molecule has 0 aliphatic carbocycles. The number of para-hydroxylation sites is 1. The van der Waals surface area contributed by atoms with Crippen LogP contribution >= 0.6 is 0 Å². The lowest BCUT2D eigenvalue weighted by atomic mass is 9.93. The van der Waals surface area contributed by atoms with E-state index >= 15 is 0 Å². The van der Waals surface area contributed by atoms with Gasteiger partial charge in [-0.05, 0) is 18.2 Å². The third kappa shape index (κ3) is 2.05. The molecule has 1 N–H and O–H groups in total. The molecule has 0 amide bonds. The SMILES string of the molecule is O=C1C[C@H](c2ccccc2C(=O)O)Oc2ccccc21. The fourth-order valence-electron chi connectivity index (χ4n) is 2.42. The maximum atomic E-state index is 12.1. The predicted molar refractivity (Wildman–Crippen MR) is 72.2 cm³/mol. The highest BCUT2D eigenvalue weighted by Gasteiger charge is 2.29. The minimum Gasteiger partial charge on any atom is -0.484 e.